The zero-order valence-electron chi connectivity index (χ0n) is 24.3. The molecular weight excluding hydrogens is 574 g/mol. The molecule has 2 atom stereocenters. The highest BCUT2D eigenvalue weighted by Crippen LogP contribution is 2.28. The molecule has 0 saturated carbocycles. The van der Waals surface area contributed by atoms with Gasteiger partial charge in [0.25, 0.3) is 5.91 Å². The Bertz CT molecular complexity index is 1380. The summed E-state index contributed by atoms with van der Waals surface area (Å²) in [5.41, 5.74) is 2.46. The van der Waals surface area contributed by atoms with Crippen LogP contribution in [0.4, 0.5) is 8.78 Å². The fraction of sp³-hybridized carbons (Fsp3) is 0.353. The van der Waals surface area contributed by atoms with Crippen molar-refractivity contribution >= 4 is 35.0 Å². The summed E-state index contributed by atoms with van der Waals surface area (Å²) in [4.78, 5) is 51.8. The number of ketones is 2. The minimum Gasteiger partial charge on any atom is -0.350 e. The Morgan fingerprint density at radius 2 is 1.42 bits per heavy atom. The van der Waals surface area contributed by atoms with E-state index in [1.165, 1.54) is 0 Å². The van der Waals surface area contributed by atoms with Gasteiger partial charge in [0.05, 0.1) is 6.04 Å². The van der Waals surface area contributed by atoms with Crippen LogP contribution in [-0.4, -0.2) is 41.9 Å². The maximum Gasteiger partial charge on any atom is 0.381 e. The second-order valence-corrected chi connectivity index (χ2v) is 11.3. The van der Waals surface area contributed by atoms with Crippen LogP contribution in [0.3, 0.4) is 0 Å². The van der Waals surface area contributed by atoms with Crippen molar-refractivity contribution in [3.63, 3.8) is 0 Å². The van der Waals surface area contributed by atoms with Crippen LogP contribution in [-0.2, 0) is 38.4 Å². The van der Waals surface area contributed by atoms with E-state index in [0.717, 1.165) is 16.7 Å². The van der Waals surface area contributed by atoms with E-state index < -0.39 is 53.6 Å². The summed E-state index contributed by atoms with van der Waals surface area (Å²) in [5.74, 6) is -10.7. The SMILES string of the molecule is CC(C)[C@H](CC(=O)[C@H](Cc1ccccc1)NC(=O)CCc1cccc(Cl)c1)C(=O)C(F)(F)C(=O)NCCc1ccccc1. The van der Waals surface area contributed by atoms with Crippen LogP contribution in [0.25, 0.3) is 0 Å². The first kappa shape index (κ1) is 33.6. The van der Waals surface area contributed by atoms with Gasteiger partial charge in [0.1, 0.15) is 0 Å². The van der Waals surface area contributed by atoms with Gasteiger partial charge in [0, 0.05) is 30.3 Å². The second-order valence-electron chi connectivity index (χ2n) is 10.9. The number of nitrogens with one attached hydrogen (secondary N) is 2. The van der Waals surface area contributed by atoms with Crippen molar-refractivity contribution < 1.29 is 28.0 Å². The predicted octanol–water partition coefficient (Wildman–Crippen LogP) is 5.79. The van der Waals surface area contributed by atoms with Crippen LogP contribution in [0.15, 0.2) is 84.9 Å². The zero-order valence-corrected chi connectivity index (χ0v) is 25.1. The highest BCUT2D eigenvalue weighted by molar-refractivity contribution is 6.30. The molecule has 0 aliphatic rings. The summed E-state index contributed by atoms with van der Waals surface area (Å²) >= 11 is 6.03. The number of amides is 2. The van der Waals surface area contributed by atoms with Gasteiger partial charge >= 0.3 is 5.92 Å². The first-order valence-electron chi connectivity index (χ1n) is 14.3. The molecular formula is C34H37ClF2N2O4. The summed E-state index contributed by atoms with van der Waals surface area (Å²) in [5, 5.41) is 5.43. The Hall–Kier alpha value is -3.91. The fourth-order valence-corrected chi connectivity index (χ4v) is 4.94. The van der Waals surface area contributed by atoms with Crippen molar-refractivity contribution in [3.05, 3.63) is 107 Å². The van der Waals surface area contributed by atoms with Gasteiger partial charge in [-0.25, -0.2) is 0 Å². The fourth-order valence-electron chi connectivity index (χ4n) is 4.72. The highest BCUT2D eigenvalue weighted by atomic mass is 35.5. The summed E-state index contributed by atoms with van der Waals surface area (Å²) in [6.45, 7) is 3.03. The summed E-state index contributed by atoms with van der Waals surface area (Å²) in [6, 6.07) is 24.0. The molecule has 0 fully saturated rings. The third kappa shape index (κ3) is 10.4. The number of carbonyl (C=O) groups excluding carboxylic acids is 4. The summed E-state index contributed by atoms with van der Waals surface area (Å²) in [7, 11) is 0. The summed E-state index contributed by atoms with van der Waals surface area (Å²) in [6.07, 6.45) is 0.360. The van der Waals surface area contributed by atoms with Crippen molar-refractivity contribution in [2.24, 2.45) is 11.8 Å². The second kappa shape index (κ2) is 16.1. The molecule has 0 saturated heterocycles. The number of halogens is 3. The molecule has 228 valence electrons. The Morgan fingerprint density at radius 3 is 2.02 bits per heavy atom. The largest absolute Gasteiger partial charge is 0.381 e. The monoisotopic (exact) mass is 610 g/mol. The number of alkyl halides is 2. The lowest BCUT2D eigenvalue weighted by Crippen LogP contribution is -2.51. The molecule has 3 rings (SSSR count). The van der Waals surface area contributed by atoms with E-state index in [9.17, 15) is 19.2 Å². The third-order valence-electron chi connectivity index (χ3n) is 7.24. The Morgan fingerprint density at radius 1 is 0.814 bits per heavy atom. The van der Waals surface area contributed by atoms with Gasteiger partial charge in [-0.15, -0.1) is 0 Å². The molecule has 2 N–H and O–H groups in total. The van der Waals surface area contributed by atoms with E-state index in [0.29, 0.717) is 17.9 Å². The zero-order chi connectivity index (χ0) is 31.4. The first-order chi connectivity index (χ1) is 20.5. The van der Waals surface area contributed by atoms with Crippen molar-refractivity contribution in [2.75, 3.05) is 6.54 Å². The smallest absolute Gasteiger partial charge is 0.350 e. The molecule has 9 heteroatoms. The van der Waals surface area contributed by atoms with Gasteiger partial charge in [-0.1, -0.05) is 98.2 Å². The lowest BCUT2D eigenvalue weighted by atomic mass is 9.82. The molecule has 3 aromatic carbocycles. The van der Waals surface area contributed by atoms with Gasteiger partial charge in [-0.3, -0.25) is 19.2 Å². The van der Waals surface area contributed by atoms with Crippen LogP contribution in [0.2, 0.25) is 5.02 Å². The van der Waals surface area contributed by atoms with Crippen LogP contribution in [0.5, 0.6) is 0 Å². The molecule has 0 radical (unpaired) electrons. The minimum atomic E-state index is -4.32. The van der Waals surface area contributed by atoms with Crippen LogP contribution < -0.4 is 10.6 Å². The van der Waals surface area contributed by atoms with Crippen LogP contribution in [0.1, 0.15) is 43.4 Å². The van der Waals surface area contributed by atoms with E-state index >= 15 is 8.78 Å². The maximum atomic E-state index is 15.1. The Kier molecular flexibility index (Phi) is 12.6. The molecule has 0 unspecified atom stereocenters. The van der Waals surface area contributed by atoms with E-state index in [4.69, 9.17) is 11.6 Å². The number of aryl methyl sites for hydroxylation is 1. The predicted molar refractivity (Wildman–Crippen MR) is 163 cm³/mol. The molecule has 0 aliphatic carbocycles. The van der Waals surface area contributed by atoms with Gasteiger partial charge in [-0.05, 0) is 54.0 Å². The van der Waals surface area contributed by atoms with Gasteiger partial charge in [0.15, 0.2) is 5.78 Å². The van der Waals surface area contributed by atoms with E-state index in [1.807, 2.05) is 18.2 Å². The number of hydrogen-bond donors (Lipinski definition) is 2. The van der Waals surface area contributed by atoms with E-state index in [2.05, 4.69) is 10.6 Å². The Labute approximate surface area is 256 Å². The average molecular weight is 611 g/mol. The molecule has 2 amide bonds. The molecule has 0 aromatic heterocycles. The molecule has 6 nitrogen and oxygen atoms in total. The number of benzene rings is 3. The molecule has 0 bridgehead atoms. The maximum absolute atomic E-state index is 15.1. The molecule has 0 aliphatic heterocycles. The van der Waals surface area contributed by atoms with Crippen molar-refractivity contribution in [1.82, 2.24) is 10.6 Å². The quantitative estimate of drug-likeness (QED) is 0.201. The number of rotatable bonds is 16. The summed E-state index contributed by atoms with van der Waals surface area (Å²) < 4.78 is 30.2. The molecule has 3 aromatic rings. The first-order valence-corrected chi connectivity index (χ1v) is 14.7. The lowest BCUT2D eigenvalue weighted by Gasteiger charge is -2.26. The lowest BCUT2D eigenvalue weighted by molar-refractivity contribution is -0.162. The molecule has 0 heterocycles. The van der Waals surface area contributed by atoms with E-state index in [-0.39, 0.29) is 19.4 Å². The third-order valence-corrected chi connectivity index (χ3v) is 7.47. The van der Waals surface area contributed by atoms with Crippen LogP contribution >= 0.6 is 11.6 Å². The van der Waals surface area contributed by atoms with Crippen molar-refractivity contribution in [1.29, 1.82) is 0 Å². The van der Waals surface area contributed by atoms with Gasteiger partial charge < -0.3 is 10.6 Å². The topological polar surface area (TPSA) is 92.3 Å². The van der Waals surface area contributed by atoms with Crippen molar-refractivity contribution in [2.45, 2.75) is 57.9 Å². The standard InChI is InChI=1S/C34H37ClF2N2O4/c1-23(2)28(32(42)34(36,37)33(43)38-19-18-24-10-5-3-6-11-24)22-30(40)29(21-25-12-7-4-8-13-25)39-31(41)17-16-26-14-9-15-27(35)20-26/h3-15,20,23,28-29H,16-19,21-22H2,1-2H3,(H,38,43)(H,39,41)/t28-,29-/m0/s1. The minimum absolute atomic E-state index is 0.0721. The number of carbonyl (C=O) groups is 4. The molecule has 43 heavy (non-hydrogen) atoms. The number of Topliss-reactive ketones (excluding diaryl/α,β-unsaturated/α-hetero) is 2. The molecule has 0 spiro atoms. The van der Waals surface area contributed by atoms with Crippen LogP contribution in [0, 0.1) is 11.8 Å². The average Bonchev–Trinajstić information content (AvgIpc) is 2.99. The van der Waals surface area contributed by atoms with Crippen molar-refractivity contribution in [3.8, 4) is 0 Å². The normalized spacial score (nSPS) is 12.8. The number of hydrogen-bond acceptors (Lipinski definition) is 4. The van der Waals surface area contributed by atoms with E-state index in [1.54, 1.807) is 80.6 Å². The van der Waals surface area contributed by atoms with Gasteiger partial charge in [0.2, 0.25) is 11.7 Å². The Balaban J connectivity index is 1.68. The van der Waals surface area contributed by atoms with Gasteiger partial charge in [-0.2, -0.15) is 8.78 Å². The highest BCUT2D eigenvalue weighted by Gasteiger charge is 2.51.